The number of ketones is 3. The van der Waals surface area contributed by atoms with Crippen molar-refractivity contribution in [3.8, 4) is 17.2 Å². The second-order valence-electron chi connectivity index (χ2n) is 18.4. The molecule has 374 valence electrons. The Bertz CT molecular complexity index is 2600. The topological polar surface area (TPSA) is 268 Å². The summed E-state index contributed by atoms with van der Waals surface area (Å²) in [5.74, 6) is -4.26. The number of methoxy groups -OCH3 is 2. The summed E-state index contributed by atoms with van der Waals surface area (Å²) in [6.45, 7) is 3.05. The first-order valence-electron chi connectivity index (χ1n) is 23.4. The molecule has 5 heterocycles. The molecule has 0 spiro atoms. The summed E-state index contributed by atoms with van der Waals surface area (Å²) in [5, 5.41) is 44.8. The third-order valence-corrected chi connectivity index (χ3v) is 14.0. The molecule has 1 aromatic heterocycles. The molecule has 9 rings (SSSR count). The zero-order valence-electron chi connectivity index (χ0n) is 39.2. The van der Waals surface area contributed by atoms with Gasteiger partial charge < -0.3 is 53.4 Å². The maximum atomic E-state index is 14.3. The summed E-state index contributed by atoms with van der Waals surface area (Å²) in [6, 6.07) is 4.21. The summed E-state index contributed by atoms with van der Waals surface area (Å²) in [6.07, 6.45) is 0.960. The number of imide groups is 1. The Morgan fingerprint density at radius 2 is 1.76 bits per heavy atom. The lowest BCUT2D eigenvalue weighted by molar-refractivity contribution is -0.256. The molecule has 0 saturated carbocycles. The number of amides is 3. The highest BCUT2D eigenvalue weighted by Gasteiger charge is 2.55. The van der Waals surface area contributed by atoms with Gasteiger partial charge in [-0.25, -0.2) is 4.68 Å². The number of morpholine rings is 1. The highest BCUT2D eigenvalue weighted by atomic mass is 16.7. The Hall–Kier alpha value is -5.98. The lowest BCUT2D eigenvalue weighted by Gasteiger charge is -2.43. The lowest BCUT2D eigenvalue weighted by Crippen LogP contribution is -2.55. The Kier molecular flexibility index (Phi) is 14.0. The van der Waals surface area contributed by atoms with Crippen LogP contribution in [-0.4, -0.2) is 177 Å². The minimum atomic E-state index is -2.28. The number of Topliss-reactive ketones (excluding diaryl/α,β-unsaturated/α-hetero) is 1. The first kappa shape index (κ1) is 49.0. The highest BCUT2D eigenvalue weighted by Crippen LogP contribution is 2.53. The van der Waals surface area contributed by atoms with E-state index < -0.39 is 96.0 Å². The number of ether oxygens (including phenoxy) is 7. The monoisotopic (exact) mass is 972 g/mol. The Morgan fingerprint density at radius 3 is 2.51 bits per heavy atom. The number of phenolic OH excluding ortho intramolecular Hbond substituents is 2. The van der Waals surface area contributed by atoms with Crippen molar-refractivity contribution in [2.24, 2.45) is 0 Å². The molecule has 3 N–H and O–H groups in total. The van der Waals surface area contributed by atoms with Gasteiger partial charge in [0.2, 0.25) is 11.7 Å². The number of hydrogen-bond acceptors (Lipinski definition) is 19. The summed E-state index contributed by atoms with van der Waals surface area (Å²) < 4.78 is 43.1. The van der Waals surface area contributed by atoms with Gasteiger partial charge in [0.1, 0.15) is 41.2 Å². The summed E-state index contributed by atoms with van der Waals surface area (Å²) in [4.78, 5) is 83.7. The fourth-order valence-electron chi connectivity index (χ4n) is 10.4. The smallest absolute Gasteiger partial charge is 0.253 e. The van der Waals surface area contributed by atoms with Gasteiger partial charge in [0.25, 0.3) is 11.8 Å². The number of phenols is 2. The van der Waals surface area contributed by atoms with Gasteiger partial charge in [0, 0.05) is 94.4 Å². The number of benzene rings is 2. The minimum Gasteiger partial charge on any atom is -0.507 e. The average molecular weight is 973 g/mol. The molecule has 70 heavy (non-hydrogen) atoms. The van der Waals surface area contributed by atoms with E-state index >= 15 is 0 Å². The summed E-state index contributed by atoms with van der Waals surface area (Å²) in [5.41, 5.74) is -3.22. The number of carbonyl (C=O) groups is 6. The van der Waals surface area contributed by atoms with Crippen LogP contribution >= 0.6 is 0 Å². The Balaban J connectivity index is 0.883. The first-order valence-corrected chi connectivity index (χ1v) is 23.4. The number of aromatic nitrogens is 3. The van der Waals surface area contributed by atoms with Gasteiger partial charge in [0.15, 0.2) is 30.4 Å². The largest absolute Gasteiger partial charge is 0.507 e. The summed E-state index contributed by atoms with van der Waals surface area (Å²) >= 11 is 0. The second kappa shape index (κ2) is 20.0. The van der Waals surface area contributed by atoms with E-state index in [1.165, 1.54) is 60.3 Å². The van der Waals surface area contributed by atoms with Crippen molar-refractivity contribution in [2.45, 2.75) is 114 Å². The number of unbranched alkanes of at least 4 members (excludes halogenated alkanes) is 2. The van der Waals surface area contributed by atoms with E-state index in [0.717, 1.165) is 0 Å². The van der Waals surface area contributed by atoms with Crippen LogP contribution in [0.5, 0.6) is 17.2 Å². The fraction of sp³-hybridized carbons (Fsp3) is 0.542. The van der Waals surface area contributed by atoms with Crippen molar-refractivity contribution >= 4 is 35.1 Å². The van der Waals surface area contributed by atoms with Crippen LogP contribution in [-0.2, 0) is 67.2 Å². The van der Waals surface area contributed by atoms with Crippen LogP contribution in [0, 0.1) is 0 Å². The second-order valence-corrected chi connectivity index (χ2v) is 18.4. The van der Waals surface area contributed by atoms with E-state index in [0.29, 0.717) is 57.6 Å². The fourth-order valence-corrected chi connectivity index (χ4v) is 10.4. The molecule has 22 nitrogen and oxygen atoms in total. The molecule has 2 aromatic carbocycles. The van der Waals surface area contributed by atoms with Gasteiger partial charge in [0.05, 0.1) is 62.0 Å². The average Bonchev–Trinajstić information content (AvgIpc) is 4.06. The van der Waals surface area contributed by atoms with E-state index in [4.69, 9.17) is 33.2 Å². The number of hydrogen-bond donors (Lipinski definition) is 3. The Morgan fingerprint density at radius 1 is 0.986 bits per heavy atom. The van der Waals surface area contributed by atoms with Gasteiger partial charge in [-0.1, -0.05) is 23.8 Å². The van der Waals surface area contributed by atoms with Crippen LogP contribution in [0.3, 0.4) is 0 Å². The van der Waals surface area contributed by atoms with E-state index in [9.17, 15) is 44.1 Å². The number of nitrogens with zero attached hydrogens (tertiary/aromatic N) is 6. The molecule has 6 aliphatic rings. The van der Waals surface area contributed by atoms with E-state index in [1.54, 1.807) is 11.9 Å². The van der Waals surface area contributed by atoms with Gasteiger partial charge >= 0.3 is 0 Å². The van der Waals surface area contributed by atoms with Gasteiger partial charge in [-0.05, 0) is 25.8 Å². The number of likely N-dealkylation sites (N-methyl/N-ethyl adjacent to an activating group) is 1. The SMILES string of the molecule is COc1cccc2c1C(=O)c1c(O)c3c(c(O)c1C2=O)C[C@@](O)(C(=O)Cn1cc(COCCN(C)C(=O)CCCCCN2C(=O)C=CC2=O)nn1)C[C@@H]3O[C@H]1C[C@H]2[C@H](O[C@@H]3[C@@H](OC)OCCN32)[C@H](C)O1. The molecule has 0 unspecified atom stereocenters. The Labute approximate surface area is 401 Å². The molecular formula is C48H56N6O16. The molecule has 4 aliphatic heterocycles. The van der Waals surface area contributed by atoms with Crippen LogP contribution in [0.1, 0.15) is 100 Å². The predicted molar refractivity (Wildman–Crippen MR) is 238 cm³/mol. The van der Waals surface area contributed by atoms with E-state index in [-0.39, 0.29) is 77.5 Å². The van der Waals surface area contributed by atoms with Crippen molar-refractivity contribution in [2.75, 3.05) is 54.1 Å². The zero-order chi connectivity index (χ0) is 49.6. The number of aliphatic hydroxyl groups is 1. The molecule has 3 aromatic rings. The quantitative estimate of drug-likeness (QED) is 0.0724. The maximum Gasteiger partial charge on any atom is 0.253 e. The zero-order valence-corrected chi connectivity index (χ0v) is 39.2. The van der Waals surface area contributed by atoms with E-state index in [2.05, 4.69) is 15.2 Å². The van der Waals surface area contributed by atoms with E-state index in [1.807, 2.05) is 6.92 Å². The summed E-state index contributed by atoms with van der Waals surface area (Å²) in [7, 11) is 4.53. The van der Waals surface area contributed by atoms with Crippen LogP contribution in [0.4, 0.5) is 0 Å². The van der Waals surface area contributed by atoms with Crippen LogP contribution in [0.25, 0.3) is 0 Å². The standard InChI is InChI=1S/C48H56N6O16/c1-25-45-29(53-16-18-67-47(65-4)46(53)70-45)19-36(68-25)69-31-21-48(63,20-28-38(31)44(62)40-39(42(28)60)41(59)27-9-8-10-30(64-3)37(27)43(40)61)32(55)23-52-22-26(49-50-52)24-66-17-15-51(2)33(56)11-6-5-7-14-54-34(57)12-13-35(54)58/h8-10,12-13,22,25,29,31,36,45-47,60,62-63H,5-7,11,14-21,23-24H2,1-4H3/t25-,29-,31-,36-,45+,46+,47-,48-/m0/s1. The van der Waals surface area contributed by atoms with Crippen molar-refractivity contribution in [3.05, 3.63) is 75.6 Å². The van der Waals surface area contributed by atoms with Gasteiger partial charge in [-0.15, -0.1) is 5.10 Å². The number of fused-ring (bicyclic) bond motifs is 6. The molecular weight excluding hydrogens is 917 g/mol. The van der Waals surface area contributed by atoms with Crippen LogP contribution in [0.2, 0.25) is 0 Å². The maximum absolute atomic E-state index is 14.3. The highest BCUT2D eigenvalue weighted by molar-refractivity contribution is 6.31. The lowest BCUT2D eigenvalue weighted by atomic mass is 9.71. The molecule has 3 amide bonds. The predicted octanol–water partition coefficient (Wildman–Crippen LogP) is 1.47. The molecule has 0 bridgehead atoms. The third-order valence-electron chi connectivity index (χ3n) is 14.0. The number of carbonyl (C=O) groups excluding carboxylic acids is 6. The molecule has 8 atom stereocenters. The van der Waals surface area contributed by atoms with Crippen molar-refractivity contribution in [3.63, 3.8) is 0 Å². The normalized spacial score (nSPS) is 27.0. The first-order chi connectivity index (χ1) is 33.6. The molecule has 2 aliphatic carbocycles. The number of rotatable bonds is 18. The van der Waals surface area contributed by atoms with Crippen molar-refractivity contribution in [1.82, 2.24) is 29.7 Å². The molecule has 22 heteroatoms. The minimum absolute atomic E-state index is 0.00336. The van der Waals surface area contributed by atoms with Crippen LogP contribution in [0.15, 0.2) is 36.5 Å². The molecule has 3 saturated heterocycles. The van der Waals surface area contributed by atoms with Crippen LogP contribution < -0.4 is 4.74 Å². The molecule has 0 radical (unpaired) electrons. The van der Waals surface area contributed by atoms with Crippen molar-refractivity contribution < 1.29 is 77.2 Å². The third kappa shape index (κ3) is 9.13. The van der Waals surface area contributed by atoms with Gasteiger partial charge in [-0.2, -0.15) is 0 Å². The number of aromatic hydroxyl groups is 2. The van der Waals surface area contributed by atoms with Crippen molar-refractivity contribution in [1.29, 1.82) is 0 Å². The molecule has 3 fully saturated rings. The van der Waals surface area contributed by atoms with Gasteiger partial charge in [-0.3, -0.25) is 38.6 Å².